The molecule has 9 aromatic rings. The van der Waals surface area contributed by atoms with Crippen LogP contribution in [-0.4, -0.2) is 6.54 Å². The summed E-state index contributed by atoms with van der Waals surface area (Å²) in [6, 6.07) is 75.5. The van der Waals surface area contributed by atoms with Crippen LogP contribution in [0, 0.1) is 25.7 Å². The fourth-order valence-corrected chi connectivity index (χ4v) is 12.6. The van der Waals surface area contributed by atoms with E-state index in [1.807, 2.05) is 24.3 Å². The lowest BCUT2D eigenvalue weighted by Crippen LogP contribution is -2.41. The van der Waals surface area contributed by atoms with Crippen molar-refractivity contribution >= 4 is 38.3 Å². The summed E-state index contributed by atoms with van der Waals surface area (Å²) in [5.41, 5.74) is 27.7. The van der Waals surface area contributed by atoms with E-state index in [4.69, 9.17) is 5.73 Å². The maximum absolute atomic E-state index is 5.70. The van der Waals surface area contributed by atoms with Gasteiger partial charge in [0.2, 0.25) is 0 Å². The van der Waals surface area contributed by atoms with E-state index < -0.39 is 0 Å². The van der Waals surface area contributed by atoms with Crippen LogP contribution in [0.5, 0.6) is 0 Å². The largest absolute Gasteiger partial charge is 0.330 e. The summed E-state index contributed by atoms with van der Waals surface area (Å²) in [6.07, 6.45) is 11.3. The molecular formula is C70H63N. The molecule has 2 atom stereocenters. The summed E-state index contributed by atoms with van der Waals surface area (Å²) in [4.78, 5) is 0. The van der Waals surface area contributed by atoms with Crippen molar-refractivity contribution in [1.82, 2.24) is 0 Å². The van der Waals surface area contributed by atoms with Crippen molar-refractivity contribution in [2.45, 2.75) is 58.3 Å². The second-order valence-corrected chi connectivity index (χ2v) is 20.5. The number of aryl methyl sites for hydroxylation is 2. The van der Waals surface area contributed by atoms with Gasteiger partial charge < -0.3 is 5.73 Å². The minimum Gasteiger partial charge on any atom is -0.330 e. The Morgan fingerprint density at radius 2 is 0.958 bits per heavy atom. The Bertz CT molecular complexity index is 3460. The monoisotopic (exact) mass is 917 g/mol. The van der Waals surface area contributed by atoms with Crippen LogP contribution in [0.15, 0.2) is 236 Å². The molecule has 0 radical (unpaired) electrons. The Labute approximate surface area is 421 Å². The van der Waals surface area contributed by atoms with Gasteiger partial charge in [-0.1, -0.05) is 257 Å². The smallest absolute Gasteiger partial charge is 0.0682 e. The zero-order chi connectivity index (χ0) is 48.7. The van der Waals surface area contributed by atoms with Crippen molar-refractivity contribution in [3.63, 3.8) is 0 Å². The summed E-state index contributed by atoms with van der Waals surface area (Å²) in [5.74, 6) is 1.03. The fraction of sp³-hybridized carbons (Fsp3) is 0.171. The average Bonchev–Trinajstić information content (AvgIpc) is 3.71. The molecule has 0 aliphatic heterocycles. The highest BCUT2D eigenvalue weighted by Crippen LogP contribution is 2.64. The second-order valence-electron chi connectivity index (χ2n) is 20.5. The third-order valence-corrected chi connectivity index (χ3v) is 16.0. The van der Waals surface area contributed by atoms with Crippen LogP contribution in [0.2, 0.25) is 0 Å². The zero-order valence-corrected chi connectivity index (χ0v) is 41.8. The van der Waals surface area contributed by atoms with E-state index >= 15 is 0 Å². The lowest BCUT2D eigenvalue weighted by Gasteiger charge is -2.48. The van der Waals surface area contributed by atoms with Gasteiger partial charge in [0.05, 0.1) is 5.41 Å². The molecule has 2 N–H and O–H groups in total. The summed E-state index contributed by atoms with van der Waals surface area (Å²) < 4.78 is 0. The van der Waals surface area contributed by atoms with Crippen LogP contribution in [0.25, 0.3) is 49.4 Å². The summed E-state index contributed by atoms with van der Waals surface area (Å²) in [5, 5.41) is 5.31. The molecule has 0 bridgehead atoms. The van der Waals surface area contributed by atoms with Gasteiger partial charge in [-0.2, -0.15) is 0 Å². The molecule has 9 aromatic carbocycles. The predicted octanol–water partition coefficient (Wildman–Crippen LogP) is 17.4. The van der Waals surface area contributed by atoms with E-state index in [2.05, 4.69) is 241 Å². The van der Waals surface area contributed by atoms with Gasteiger partial charge in [0, 0.05) is 5.41 Å². The minimum atomic E-state index is -0.303. The first-order valence-corrected chi connectivity index (χ1v) is 25.6. The van der Waals surface area contributed by atoms with E-state index in [9.17, 15) is 0 Å². The third-order valence-electron chi connectivity index (χ3n) is 16.0. The van der Waals surface area contributed by atoms with Crippen molar-refractivity contribution < 1.29 is 0 Å². The van der Waals surface area contributed by atoms with Crippen LogP contribution in [0.4, 0.5) is 0 Å². The Morgan fingerprint density at radius 1 is 0.479 bits per heavy atom. The maximum Gasteiger partial charge on any atom is 0.0682 e. The normalized spacial score (nSPS) is 17.7. The van der Waals surface area contributed by atoms with Crippen LogP contribution in [0.3, 0.4) is 0 Å². The van der Waals surface area contributed by atoms with Crippen molar-refractivity contribution in [3.05, 3.63) is 292 Å². The van der Waals surface area contributed by atoms with Crippen molar-refractivity contribution in [2.75, 3.05) is 6.54 Å². The number of benzene rings is 9. The van der Waals surface area contributed by atoms with E-state index in [0.717, 1.165) is 19.4 Å². The highest BCUT2D eigenvalue weighted by Gasteiger charge is 2.54. The summed E-state index contributed by atoms with van der Waals surface area (Å²) >= 11 is 0. The lowest BCUT2D eigenvalue weighted by molar-refractivity contribution is 0.519. The summed E-state index contributed by atoms with van der Waals surface area (Å²) in [6.45, 7) is 12.2. The Hall–Kier alpha value is -7.58. The number of fused-ring (bicyclic) bond motifs is 10. The van der Waals surface area contributed by atoms with Gasteiger partial charge >= 0.3 is 0 Å². The Balaban J connectivity index is 0.000000205. The first kappa shape index (κ1) is 45.8. The maximum atomic E-state index is 5.70. The average molecular weight is 918 g/mol. The molecule has 2 unspecified atom stereocenters. The Kier molecular flexibility index (Phi) is 12.2. The third kappa shape index (κ3) is 7.85. The Morgan fingerprint density at radius 3 is 1.48 bits per heavy atom. The number of hydrogen-bond acceptors (Lipinski definition) is 1. The first-order chi connectivity index (χ1) is 34.7. The van der Waals surface area contributed by atoms with Gasteiger partial charge in [-0.3, -0.25) is 0 Å². The first-order valence-electron chi connectivity index (χ1n) is 25.6. The molecule has 71 heavy (non-hydrogen) atoms. The van der Waals surface area contributed by atoms with Crippen molar-refractivity contribution in [3.8, 4) is 11.1 Å². The molecule has 0 aromatic heterocycles. The van der Waals surface area contributed by atoms with Crippen molar-refractivity contribution in [1.29, 1.82) is 0 Å². The summed E-state index contributed by atoms with van der Waals surface area (Å²) in [7, 11) is 0. The zero-order valence-electron chi connectivity index (χ0n) is 41.8. The SMILES string of the molecule is CC1C=C(c2ccccc2)C=CC1CN.Cc1cccc2c1C1=C(CCC(c3c4ccccc4c(-c4ccccc4)c4ccccc34)=C1)C21c2ccccc2C(C)(C)c2ccccc21.Cc1ccccc1. The molecule has 0 saturated heterocycles. The van der Waals surface area contributed by atoms with Gasteiger partial charge in [0.1, 0.15) is 0 Å². The number of hydrogen-bond donors (Lipinski definition) is 1. The quantitative estimate of drug-likeness (QED) is 0.175. The molecular weight excluding hydrogens is 855 g/mol. The molecule has 0 fully saturated rings. The number of rotatable bonds is 4. The molecule has 0 amide bonds. The van der Waals surface area contributed by atoms with Crippen molar-refractivity contribution in [2.24, 2.45) is 17.6 Å². The van der Waals surface area contributed by atoms with E-state index in [1.54, 1.807) is 5.57 Å². The molecule has 4 aliphatic rings. The standard InChI is InChI=1S/C49H38.C14H17N.C7H8/c1-31-16-15-27-44-45(31)38-30-33(28-29-39(38)49(44)42-25-13-11-23-40(42)48(2,3)41-24-12-14-26-43(41)49)47-36-21-9-7-19-34(36)46(32-17-5-4-6-18-32)35-20-8-10-22-37(35)47;1-11-9-13(7-8-14(11)10-15)12-5-3-2-4-6-12;1-7-5-3-2-4-6-7/h4-27,30H,28-29H2,1-3H3;2-9,11,14H,10,15H2,1H3;2-6H,1H3. The van der Waals surface area contributed by atoms with Crippen LogP contribution >= 0.6 is 0 Å². The topological polar surface area (TPSA) is 26.0 Å². The lowest BCUT2D eigenvalue weighted by atomic mass is 9.54. The van der Waals surface area contributed by atoms with Gasteiger partial charge in [-0.25, -0.2) is 0 Å². The van der Waals surface area contributed by atoms with E-state index in [0.29, 0.717) is 11.8 Å². The van der Waals surface area contributed by atoms with Gasteiger partial charge in [0.25, 0.3) is 0 Å². The van der Waals surface area contributed by atoms with Crippen LogP contribution in [0.1, 0.15) is 89.2 Å². The molecule has 13 rings (SSSR count). The van der Waals surface area contributed by atoms with Gasteiger partial charge in [-0.15, -0.1) is 0 Å². The molecule has 0 saturated carbocycles. The van der Waals surface area contributed by atoms with E-state index in [-0.39, 0.29) is 10.8 Å². The van der Waals surface area contributed by atoms with E-state index in [1.165, 1.54) is 105 Å². The molecule has 4 aliphatic carbocycles. The molecule has 1 heteroatoms. The second kappa shape index (κ2) is 19.0. The van der Waals surface area contributed by atoms with Crippen LogP contribution in [-0.2, 0) is 10.8 Å². The number of nitrogens with two attached hydrogens (primary N) is 1. The minimum absolute atomic E-state index is 0.0836. The molecule has 1 spiro atoms. The molecule has 1 nitrogen and oxygen atoms in total. The highest BCUT2D eigenvalue weighted by atomic mass is 14.6. The van der Waals surface area contributed by atoms with Crippen LogP contribution < -0.4 is 5.73 Å². The highest BCUT2D eigenvalue weighted by molar-refractivity contribution is 6.19. The van der Waals surface area contributed by atoms with Gasteiger partial charge in [0.15, 0.2) is 0 Å². The fourth-order valence-electron chi connectivity index (χ4n) is 12.6. The predicted molar refractivity (Wildman–Crippen MR) is 304 cm³/mol. The molecule has 0 heterocycles. The number of allylic oxidation sites excluding steroid dienone is 7. The van der Waals surface area contributed by atoms with Gasteiger partial charge in [-0.05, 0) is 150 Å². The molecule has 348 valence electrons.